The van der Waals surface area contributed by atoms with Gasteiger partial charge in [-0.1, -0.05) is 29.8 Å². The Morgan fingerprint density at radius 1 is 1.19 bits per heavy atom. The van der Waals surface area contributed by atoms with E-state index in [4.69, 9.17) is 11.6 Å². The van der Waals surface area contributed by atoms with Crippen LogP contribution in [0.2, 0.25) is 5.02 Å². The van der Waals surface area contributed by atoms with Crippen LogP contribution in [0.5, 0.6) is 0 Å². The molecule has 2 aromatic carbocycles. The van der Waals surface area contributed by atoms with E-state index in [0.717, 1.165) is 35.3 Å². The lowest BCUT2D eigenvalue weighted by Crippen LogP contribution is -2.23. The van der Waals surface area contributed by atoms with E-state index in [1.165, 1.54) is 7.11 Å². The molecule has 31 heavy (non-hydrogen) atoms. The summed E-state index contributed by atoms with van der Waals surface area (Å²) in [5.41, 5.74) is 4.89. The van der Waals surface area contributed by atoms with Crippen LogP contribution in [0, 0.1) is 6.92 Å². The summed E-state index contributed by atoms with van der Waals surface area (Å²) in [7, 11) is 1.31. The van der Waals surface area contributed by atoms with Gasteiger partial charge >= 0.3 is 6.09 Å². The lowest BCUT2D eigenvalue weighted by atomic mass is 10.1. The fourth-order valence-corrected chi connectivity index (χ4v) is 3.53. The summed E-state index contributed by atoms with van der Waals surface area (Å²) in [6, 6.07) is 13.0. The molecule has 2 N–H and O–H groups in total. The molecule has 1 saturated carbocycles. The van der Waals surface area contributed by atoms with Crippen LogP contribution in [-0.4, -0.2) is 28.9 Å². The summed E-state index contributed by atoms with van der Waals surface area (Å²) in [4.78, 5) is 24.2. The monoisotopic (exact) mass is 438 g/mol. The van der Waals surface area contributed by atoms with Crippen molar-refractivity contribution in [3.63, 3.8) is 0 Å². The van der Waals surface area contributed by atoms with Crippen LogP contribution in [0.3, 0.4) is 0 Å². The number of ether oxygens (including phenoxy) is 1. The zero-order valence-corrected chi connectivity index (χ0v) is 18.1. The van der Waals surface area contributed by atoms with Gasteiger partial charge in [-0.3, -0.25) is 10.1 Å². The van der Waals surface area contributed by atoms with Crippen LogP contribution in [0.4, 0.5) is 10.5 Å². The lowest BCUT2D eigenvalue weighted by molar-refractivity contribution is 0.0950. The maximum Gasteiger partial charge on any atom is 0.411 e. The summed E-state index contributed by atoms with van der Waals surface area (Å²) in [5, 5.41) is 10.7. The summed E-state index contributed by atoms with van der Waals surface area (Å²) < 4.78 is 6.40. The Morgan fingerprint density at radius 2 is 1.94 bits per heavy atom. The number of nitrogens with one attached hydrogen (secondary N) is 2. The minimum absolute atomic E-state index is 0.164. The van der Waals surface area contributed by atoms with Gasteiger partial charge in [-0.25, -0.2) is 9.48 Å². The van der Waals surface area contributed by atoms with Gasteiger partial charge in [-0.2, -0.15) is 5.10 Å². The summed E-state index contributed by atoms with van der Waals surface area (Å²) >= 11 is 6.29. The molecule has 8 heteroatoms. The van der Waals surface area contributed by atoms with Crippen LogP contribution in [-0.2, 0) is 11.3 Å². The van der Waals surface area contributed by atoms with Crippen LogP contribution in [0.15, 0.2) is 48.7 Å². The lowest BCUT2D eigenvalue weighted by Gasteiger charge is -2.11. The van der Waals surface area contributed by atoms with E-state index in [2.05, 4.69) is 20.5 Å². The van der Waals surface area contributed by atoms with Crippen LogP contribution in [0.25, 0.3) is 5.69 Å². The van der Waals surface area contributed by atoms with E-state index in [0.29, 0.717) is 28.7 Å². The standard InChI is InChI=1S/C23H23ClN4O3/c1-14-3-10-18(11-20(14)24)28-21(16-6-7-16)19(13-26-28)22(29)25-12-15-4-8-17(9-5-15)27-23(30)31-2/h3-5,8-11,13,16H,6-7,12H2,1-2H3,(H,25,29)(H,27,30). The first-order chi connectivity index (χ1) is 15.0. The van der Waals surface area contributed by atoms with Crippen molar-refractivity contribution in [1.82, 2.24) is 15.1 Å². The van der Waals surface area contributed by atoms with Gasteiger partial charge in [0, 0.05) is 23.2 Å². The van der Waals surface area contributed by atoms with Gasteiger partial charge in [0.25, 0.3) is 5.91 Å². The number of methoxy groups -OCH3 is 1. The zero-order chi connectivity index (χ0) is 22.0. The molecular formula is C23H23ClN4O3. The van der Waals surface area contributed by atoms with Crippen LogP contribution >= 0.6 is 11.6 Å². The van der Waals surface area contributed by atoms with Crippen molar-refractivity contribution in [1.29, 1.82) is 0 Å². The molecule has 2 amide bonds. The predicted molar refractivity (Wildman–Crippen MR) is 119 cm³/mol. The van der Waals surface area contributed by atoms with Crippen molar-refractivity contribution in [2.75, 3.05) is 12.4 Å². The quantitative estimate of drug-likeness (QED) is 0.577. The second-order valence-corrected chi connectivity index (χ2v) is 7.97. The summed E-state index contributed by atoms with van der Waals surface area (Å²) in [6.07, 6.45) is 3.18. The van der Waals surface area contributed by atoms with Crippen molar-refractivity contribution in [3.8, 4) is 5.69 Å². The number of amides is 2. The van der Waals surface area contributed by atoms with Crippen LogP contribution in [0.1, 0.15) is 45.9 Å². The highest BCUT2D eigenvalue weighted by Gasteiger charge is 2.33. The fourth-order valence-electron chi connectivity index (χ4n) is 3.35. The van der Waals surface area contributed by atoms with Gasteiger partial charge < -0.3 is 10.1 Å². The van der Waals surface area contributed by atoms with Crippen molar-refractivity contribution < 1.29 is 14.3 Å². The maximum atomic E-state index is 12.9. The molecule has 3 aromatic rings. The molecule has 0 saturated heterocycles. The number of carbonyl (C=O) groups excluding carboxylic acids is 2. The number of aromatic nitrogens is 2. The third-order valence-corrected chi connectivity index (χ3v) is 5.66. The molecule has 1 aliphatic rings. The van der Waals surface area contributed by atoms with E-state index in [1.54, 1.807) is 18.3 Å². The third-order valence-electron chi connectivity index (χ3n) is 5.25. The Balaban J connectivity index is 1.48. The van der Waals surface area contributed by atoms with Crippen molar-refractivity contribution >= 4 is 29.3 Å². The Bertz CT molecular complexity index is 1120. The van der Waals surface area contributed by atoms with E-state index >= 15 is 0 Å². The molecular weight excluding hydrogens is 416 g/mol. The van der Waals surface area contributed by atoms with Gasteiger partial charge in [-0.15, -0.1) is 0 Å². The van der Waals surface area contributed by atoms with E-state index < -0.39 is 6.09 Å². The smallest absolute Gasteiger partial charge is 0.411 e. The summed E-state index contributed by atoms with van der Waals surface area (Å²) in [5.74, 6) is 0.162. The Hall–Kier alpha value is -3.32. The minimum Gasteiger partial charge on any atom is -0.453 e. The van der Waals surface area contributed by atoms with Gasteiger partial charge in [0.05, 0.1) is 30.3 Å². The van der Waals surface area contributed by atoms with Gasteiger partial charge in [0.2, 0.25) is 0 Å². The third kappa shape index (κ3) is 4.72. The van der Waals surface area contributed by atoms with E-state index in [1.807, 2.05) is 41.9 Å². The molecule has 4 rings (SSSR count). The number of hydrogen-bond donors (Lipinski definition) is 2. The first-order valence-electron chi connectivity index (χ1n) is 10.0. The number of nitrogens with zero attached hydrogens (tertiary/aromatic N) is 2. The molecule has 1 fully saturated rings. The Kier molecular flexibility index (Phi) is 5.95. The number of hydrogen-bond acceptors (Lipinski definition) is 4. The first-order valence-corrected chi connectivity index (χ1v) is 10.4. The second kappa shape index (κ2) is 8.81. The molecule has 0 atom stereocenters. The molecule has 0 bridgehead atoms. The number of carbonyl (C=O) groups is 2. The minimum atomic E-state index is -0.527. The Labute approximate surface area is 185 Å². The number of rotatable bonds is 6. The molecule has 0 radical (unpaired) electrons. The molecule has 1 heterocycles. The summed E-state index contributed by atoms with van der Waals surface area (Å²) in [6.45, 7) is 2.32. The van der Waals surface area contributed by atoms with Crippen molar-refractivity contribution in [2.24, 2.45) is 0 Å². The second-order valence-electron chi connectivity index (χ2n) is 7.56. The highest BCUT2D eigenvalue weighted by atomic mass is 35.5. The van der Waals surface area contributed by atoms with Crippen molar-refractivity contribution in [3.05, 3.63) is 76.1 Å². The number of anilines is 1. The van der Waals surface area contributed by atoms with E-state index in [-0.39, 0.29) is 5.91 Å². The van der Waals surface area contributed by atoms with Gasteiger partial charge in [0.15, 0.2) is 0 Å². The molecule has 0 unspecified atom stereocenters. The fraction of sp³-hybridized carbons (Fsp3) is 0.261. The van der Waals surface area contributed by atoms with Gasteiger partial charge in [0.1, 0.15) is 0 Å². The normalized spacial score (nSPS) is 13.0. The zero-order valence-electron chi connectivity index (χ0n) is 17.3. The molecule has 0 spiro atoms. The molecule has 1 aromatic heterocycles. The molecule has 160 valence electrons. The first kappa shape index (κ1) is 20.9. The number of aryl methyl sites for hydroxylation is 1. The van der Waals surface area contributed by atoms with Gasteiger partial charge in [-0.05, 0) is 55.2 Å². The molecule has 1 aliphatic carbocycles. The van der Waals surface area contributed by atoms with E-state index in [9.17, 15) is 9.59 Å². The SMILES string of the molecule is COC(=O)Nc1ccc(CNC(=O)c2cnn(-c3ccc(C)c(Cl)c3)c2C2CC2)cc1. The highest BCUT2D eigenvalue weighted by Crippen LogP contribution is 2.42. The van der Waals surface area contributed by atoms with Crippen molar-refractivity contribution in [2.45, 2.75) is 32.2 Å². The Morgan fingerprint density at radius 3 is 2.58 bits per heavy atom. The maximum absolute atomic E-state index is 12.9. The largest absolute Gasteiger partial charge is 0.453 e. The topological polar surface area (TPSA) is 85.2 Å². The predicted octanol–water partition coefficient (Wildman–Crippen LogP) is 4.82. The average molecular weight is 439 g/mol. The number of halogens is 1. The highest BCUT2D eigenvalue weighted by molar-refractivity contribution is 6.31. The average Bonchev–Trinajstić information content (AvgIpc) is 3.52. The molecule has 7 nitrogen and oxygen atoms in total. The molecule has 0 aliphatic heterocycles. The number of benzene rings is 2. The van der Waals surface area contributed by atoms with Crippen LogP contribution < -0.4 is 10.6 Å².